The Morgan fingerprint density at radius 3 is 2.76 bits per heavy atom. The van der Waals surface area contributed by atoms with E-state index in [1.54, 1.807) is 7.11 Å². The van der Waals surface area contributed by atoms with Crippen molar-refractivity contribution >= 4 is 24.2 Å². The number of anilines is 1. The molecule has 1 amide bonds. The van der Waals surface area contributed by atoms with E-state index in [4.69, 9.17) is 4.74 Å². The number of hydrogen-bond acceptors (Lipinski definition) is 3. The van der Waals surface area contributed by atoms with Gasteiger partial charge in [-0.3, -0.25) is 4.79 Å². The van der Waals surface area contributed by atoms with Gasteiger partial charge in [0.25, 0.3) is 0 Å². The first kappa shape index (κ1) is 13.9. The molecule has 94 valence electrons. The Bertz CT molecular complexity index is 380. The van der Waals surface area contributed by atoms with Gasteiger partial charge in [0.1, 0.15) is 5.75 Å². The summed E-state index contributed by atoms with van der Waals surface area (Å²) in [6.07, 6.45) is 3.09. The molecule has 0 aliphatic carbocycles. The molecule has 0 atom stereocenters. The number of aryl methyl sites for hydroxylation is 1. The average molecular weight is 253 g/mol. The Balaban J connectivity index is 2.78. The molecule has 3 nitrogen and oxygen atoms in total. The lowest BCUT2D eigenvalue weighted by Crippen LogP contribution is -2.06. The third kappa shape index (κ3) is 4.69. The van der Waals surface area contributed by atoms with Gasteiger partial charge in [-0.2, -0.15) is 12.6 Å². The first-order valence-corrected chi connectivity index (χ1v) is 6.36. The van der Waals surface area contributed by atoms with E-state index in [2.05, 4.69) is 17.9 Å². The van der Waals surface area contributed by atoms with E-state index in [-0.39, 0.29) is 5.91 Å². The average Bonchev–Trinajstić information content (AvgIpc) is 2.29. The van der Waals surface area contributed by atoms with Gasteiger partial charge in [0.05, 0.1) is 7.11 Å². The van der Waals surface area contributed by atoms with Crippen molar-refractivity contribution in [1.82, 2.24) is 0 Å². The summed E-state index contributed by atoms with van der Waals surface area (Å²) < 4.78 is 5.30. The van der Waals surface area contributed by atoms with Gasteiger partial charge in [0.15, 0.2) is 0 Å². The van der Waals surface area contributed by atoms with Crippen molar-refractivity contribution in [2.45, 2.75) is 26.2 Å². The molecular formula is C13H19NO2S. The molecule has 17 heavy (non-hydrogen) atoms. The van der Waals surface area contributed by atoms with Crippen molar-refractivity contribution in [3.05, 3.63) is 23.8 Å². The van der Waals surface area contributed by atoms with Crippen LogP contribution in [0.15, 0.2) is 18.2 Å². The Labute approximate surface area is 108 Å². The Morgan fingerprint density at radius 2 is 2.18 bits per heavy atom. The number of unbranched alkanes of at least 4 members (excludes halogenated alkanes) is 1. The number of methoxy groups -OCH3 is 1. The first-order valence-electron chi connectivity index (χ1n) is 5.72. The fourth-order valence-electron chi connectivity index (χ4n) is 1.68. The second-order valence-corrected chi connectivity index (χ2v) is 4.34. The predicted octanol–water partition coefficient (Wildman–Crippen LogP) is 2.91. The molecule has 1 aromatic carbocycles. The number of thiol groups is 1. The second kappa shape index (κ2) is 7.22. The normalized spacial score (nSPS) is 10.1. The number of hydrogen-bond donors (Lipinski definition) is 2. The molecule has 1 rings (SSSR count). The number of amides is 1. The van der Waals surface area contributed by atoms with Crippen molar-refractivity contribution in [3.63, 3.8) is 0 Å². The van der Waals surface area contributed by atoms with Gasteiger partial charge in [-0.1, -0.05) is 0 Å². The van der Waals surface area contributed by atoms with Crippen molar-refractivity contribution in [1.29, 1.82) is 0 Å². The van der Waals surface area contributed by atoms with Crippen LogP contribution in [0.5, 0.6) is 5.75 Å². The fraction of sp³-hybridized carbons (Fsp3) is 0.462. The lowest BCUT2D eigenvalue weighted by atomic mass is 10.1. The van der Waals surface area contributed by atoms with Gasteiger partial charge >= 0.3 is 0 Å². The minimum absolute atomic E-state index is 0.0588. The number of benzene rings is 1. The fourth-order valence-corrected chi connectivity index (χ4v) is 1.91. The van der Waals surface area contributed by atoms with Crippen molar-refractivity contribution in [2.75, 3.05) is 18.2 Å². The predicted molar refractivity (Wildman–Crippen MR) is 74.1 cm³/mol. The van der Waals surface area contributed by atoms with Gasteiger partial charge < -0.3 is 10.1 Å². The van der Waals surface area contributed by atoms with Gasteiger partial charge in [0.2, 0.25) is 5.91 Å². The zero-order valence-corrected chi connectivity index (χ0v) is 11.2. The van der Waals surface area contributed by atoms with Gasteiger partial charge in [0, 0.05) is 12.6 Å². The summed E-state index contributed by atoms with van der Waals surface area (Å²) in [5, 5.41) is 2.78. The van der Waals surface area contributed by atoms with Crippen LogP contribution in [0.1, 0.15) is 25.3 Å². The molecule has 0 fully saturated rings. The Kier molecular flexibility index (Phi) is 5.91. The molecule has 1 N–H and O–H groups in total. The minimum Gasteiger partial charge on any atom is -0.496 e. The van der Waals surface area contributed by atoms with Crippen molar-refractivity contribution in [3.8, 4) is 5.75 Å². The zero-order chi connectivity index (χ0) is 12.7. The van der Waals surface area contributed by atoms with Crippen LogP contribution < -0.4 is 10.1 Å². The summed E-state index contributed by atoms with van der Waals surface area (Å²) >= 11 is 4.19. The molecule has 0 unspecified atom stereocenters. The van der Waals surface area contributed by atoms with E-state index < -0.39 is 0 Å². The lowest BCUT2D eigenvalue weighted by molar-refractivity contribution is -0.114. The molecule has 0 saturated carbocycles. The topological polar surface area (TPSA) is 38.3 Å². The third-order valence-corrected chi connectivity index (χ3v) is 2.77. The molecule has 1 aromatic rings. The molecule has 0 saturated heterocycles. The highest BCUT2D eigenvalue weighted by Gasteiger charge is 2.05. The molecular weight excluding hydrogens is 234 g/mol. The summed E-state index contributed by atoms with van der Waals surface area (Å²) in [5.74, 6) is 1.71. The Hall–Kier alpha value is -1.16. The summed E-state index contributed by atoms with van der Waals surface area (Å²) in [6.45, 7) is 1.50. The van der Waals surface area contributed by atoms with Crippen LogP contribution in [0.4, 0.5) is 5.69 Å². The molecule has 0 radical (unpaired) electrons. The monoisotopic (exact) mass is 253 g/mol. The molecule has 0 aromatic heterocycles. The molecule has 4 heteroatoms. The number of carbonyl (C=O) groups is 1. The summed E-state index contributed by atoms with van der Waals surface area (Å²) in [5.41, 5.74) is 1.94. The molecule has 0 spiro atoms. The van der Waals surface area contributed by atoms with E-state index >= 15 is 0 Å². The van der Waals surface area contributed by atoms with Crippen molar-refractivity contribution in [2.24, 2.45) is 0 Å². The molecule has 0 heterocycles. The van der Waals surface area contributed by atoms with Crippen LogP contribution in [0.25, 0.3) is 0 Å². The molecule has 0 aliphatic rings. The number of ether oxygens (including phenoxy) is 1. The maximum atomic E-state index is 11.0. The van der Waals surface area contributed by atoms with Gasteiger partial charge in [-0.25, -0.2) is 0 Å². The van der Waals surface area contributed by atoms with Crippen molar-refractivity contribution < 1.29 is 9.53 Å². The standard InChI is InChI=1S/C13H19NO2S/c1-10(15)14-12-6-7-13(16-2)11(9-12)5-3-4-8-17/h6-7,9,17H,3-5,8H2,1-2H3,(H,14,15). The van der Waals surface area contributed by atoms with Crippen LogP contribution >= 0.6 is 12.6 Å². The summed E-state index contributed by atoms with van der Waals surface area (Å²) in [7, 11) is 1.66. The van der Waals surface area contributed by atoms with E-state index in [1.165, 1.54) is 6.92 Å². The third-order valence-electron chi connectivity index (χ3n) is 2.45. The van der Waals surface area contributed by atoms with Crippen LogP contribution in [0.3, 0.4) is 0 Å². The number of rotatable bonds is 6. The summed E-state index contributed by atoms with van der Waals surface area (Å²) in [6, 6.07) is 5.71. The second-order valence-electron chi connectivity index (χ2n) is 3.89. The summed E-state index contributed by atoms with van der Waals surface area (Å²) in [4.78, 5) is 11.0. The van der Waals surface area contributed by atoms with Crippen LogP contribution in [-0.4, -0.2) is 18.8 Å². The smallest absolute Gasteiger partial charge is 0.221 e. The SMILES string of the molecule is COc1ccc(NC(C)=O)cc1CCCCS. The highest BCUT2D eigenvalue weighted by Crippen LogP contribution is 2.24. The van der Waals surface area contributed by atoms with Gasteiger partial charge in [-0.05, 0) is 48.8 Å². The van der Waals surface area contributed by atoms with Crippen LogP contribution in [0, 0.1) is 0 Å². The quantitative estimate of drug-likeness (QED) is 0.604. The van der Waals surface area contributed by atoms with Gasteiger partial charge in [-0.15, -0.1) is 0 Å². The van der Waals surface area contributed by atoms with E-state index in [1.807, 2.05) is 18.2 Å². The lowest BCUT2D eigenvalue weighted by Gasteiger charge is -2.10. The van der Waals surface area contributed by atoms with E-state index in [0.29, 0.717) is 0 Å². The van der Waals surface area contributed by atoms with Crippen LogP contribution in [0.2, 0.25) is 0 Å². The molecule has 0 bridgehead atoms. The number of carbonyl (C=O) groups excluding carboxylic acids is 1. The molecule has 0 aliphatic heterocycles. The highest BCUT2D eigenvalue weighted by molar-refractivity contribution is 7.80. The maximum Gasteiger partial charge on any atom is 0.221 e. The first-order chi connectivity index (χ1) is 8.17. The largest absolute Gasteiger partial charge is 0.496 e. The van der Waals surface area contributed by atoms with E-state index in [9.17, 15) is 4.79 Å². The van der Waals surface area contributed by atoms with Crippen LogP contribution in [-0.2, 0) is 11.2 Å². The zero-order valence-electron chi connectivity index (χ0n) is 10.3. The van der Waals surface area contributed by atoms with E-state index in [0.717, 1.165) is 42.0 Å². The number of nitrogens with one attached hydrogen (secondary N) is 1. The minimum atomic E-state index is -0.0588. The highest BCUT2D eigenvalue weighted by atomic mass is 32.1. The maximum absolute atomic E-state index is 11.0. The Morgan fingerprint density at radius 1 is 1.41 bits per heavy atom.